The third-order valence-corrected chi connectivity index (χ3v) is 2.87. The maximum absolute atomic E-state index is 12.7. The van der Waals surface area contributed by atoms with Crippen LogP contribution in [-0.2, 0) is 0 Å². The lowest BCUT2D eigenvalue weighted by atomic mass is 10.3. The fourth-order valence-corrected chi connectivity index (χ4v) is 2.00. The molecule has 0 fully saturated rings. The molecule has 8 nitrogen and oxygen atoms in total. The highest BCUT2D eigenvalue weighted by Crippen LogP contribution is 2.06. The molecule has 3 heterocycles. The monoisotopic (exact) mass is 282 g/mol. The van der Waals surface area contributed by atoms with Crippen molar-refractivity contribution in [2.24, 2.45) is 0 Å². The number of fused-ring (bicyclic) bond motifs is 1. The van der Waals surface area contributed by atoms with E-state index in [0.717, 1.165) is 6.20 Å². The molecule has 1 N–H and O–H groups in total. The zero-order chi connectivity index (χ0) is 15.0. The number of hydrogen-bond acceptors (Lipinski definition) is 5. The highest BCUT2D eigenvalue weighted by atomic mass is 16.1. The van der Waals surface area contributed by atoms with E-state index >= 15 is 0 Å². The van der Waals surface area contributed by atoms with E-state index in [4.69, 9.17) is 0 Å². The first-order chi connectivity index (χ1) is 10.1. The van der Waals surface area contributed by atoms with E-state index in [0.29, 0.717) is 11.4 Å². The number of rotatable bonds is 1. The molecule has 0 aliphatic heterocycles. The molecule has 0 aliphatic carbocycles. The number of nitrogens with one attached hydrogen (secondary N) is 1. The first-order valence-electron chi connectivity index (χ1n) is 6.07. The van der Waals surface area contributed by atoms with Crippen molar-refractivity contribution in [1.29, 1.82) is 0 Å². The normalized spacial score (nSPS) is 10.4. The number of H-pyrrole nitrogens is 1. The van der Waals surface area contributed by atoms with Crippen molar-refractivity contribution in [2.45, 2.75) is 13.8 Å². The Morgan fingerprint density at radius 3 is 2.76 bits per heavy atom. The second-order valence-corrected chi connectivity index (χ2v) is 4.23. The lowest BCUT2D eigenvalue weighted by molar-refractivity contribution is 0.703. The van der Waals surface area contributed by atoms with Crippen LogP contribution in [0.2, 0.25) is 0 Å². The van der Waals surface area contributed by atoms with Crippen molar-refractivity contribution in [1.82, 2.24) is 29.4 Å². The number of nitrogens with zero attached hydrogens (tertiary/aromatic N) is 5. The molecule has 3 rings (SSSR count). The van der Waals surface area contributed by atoms with Gasteiger partial charge in [0.15, 0.2) is 11.3 Å². The van der Waals surface area contributed by atoms with Gasteiger partial charge in [0.1, 0.15) is 5.82 Å². The number of hydrogen-bond donors (Lipinski definition) is 1. The Morgan fingerprint density at radius 1 is 1.29 bits per heavy atom. The molecule has 0 spiro atoms. The predicted molar refractivity (Wildman–Crippen MR) is 74.3 cm³/mol. The molecule has 8 heteroatoms. The Labute approximate surface area is 118 Å². The molecule has 0 atom stereocenters. The topological polar surface area (TPSA) is 97.9 Å². The fourth-order valence-electron chi connectivity index (χ4n) is 2.00. The summed E-state index contributed by atoms with van der Waals surface area (Å²) in [5, 5.41) is 8.23. The van der Waals surface area contributed by atoms with Crippen LogP contribution in [0.4, 0.5) is 0 Å². The van der Waals surface area contributed by atoms with Crippen LogP contribution < -0.4 is 11.1 Å². The van der Waals surface area contributed by atoms with Crippen LogP contribution in [0.1, 0.15) is 18.3 Å². The van der Waals surface area contributed by atoms with Gasteiger partial charge in [0.25, 0.3) is 11.1 Å². The second kappa shape index (κ2) is 4.72. The molecule has 21 heavy (non-hydrogen) atoms. The highest BCUT2D eigenvalue weighted by Gasteiger charge is 2.15. The van der Waals surface area contributed by atoms with Gasteiger partial charge in [0, 0.05) is 6.20 Å². The van der Waals surface area contributed by atoms with Gasteiger partial charge in [-0.15, -0.1) is 15.6 Å². The van der Waals surface area contributed by atoms with E-state index in [1.165, 1.54) is 21.6 Å². The minimum Gasteiger partial charge on any atom is -0.324 e. The molecule has 0 aromatic carbocycles. The average molecular weight is 282 g/mol. The molecular formula is C13H10N6O2. The Kier molecular flexibility index (Phi) is 2.88. The summed E-state index contributed by atoms with van der Waals surface area (Å²) >= 11 is 0. The summed E-state index contributed by atoms with van der Waals surface area (Å²) in [6.07, 6.45) is 3.95. The van der Waals surface area contributed by atoms with Gasteiger partial charge in [0.05, 0.1) is 18.0 Å². The standard InChI is InChI=1S/C13H10N6O2/c1-3-4-9-5-16-19-12(9)13(21)18(8(2)17-19)10-6-15-11(20)7-14-10/h5-7H,1-2H3,(H,15,20). The number of aryl methyl sites for hydroxylation is 1. The molecule has 104 valence electrons. The van der Waals surface area contributed by atoms with Crippen LogP contribution in [0, 0.1) is 18.8 Å². The third-order valence-electron chi connectivity index (χ3n) is 2.87. The van der Waals surface area contributed by atoms with Crippen molar-refractivity contribution in [2.75, 3.05) is 0 Å². The van der Waals surface area contributed by atoms with Gasteiger partial charge in [-0.25, -0.2) is 9.55 Å². The second-order valence-electron chi connectivity index (χ2n) is 4.23. The van der Waals surface area contributed by atoms with Crippen molar-refractivity contribution in [3.63, 3.8) is 0 Å². The SMILES string of the molecule is CC#Cc1cnn2nc(C)n(-c3c[nH]c(=O)cn3)c(=O)c12. The van der Waals surface area contributed by atoms with E-state index < -0.39 is 0 Å². The van der Waals surface area contributed by atoms with Crippen LogP contribution in [0.25, 0.3) is 11.3 Å². The summed E-state index contributed by atoms with van der Waals surface area (Å²) in [7, 11) is 0. The lowest BCUT2D eigenvalue weighted by Crippen LogP contribution is -2.27. The summed E-state index contributed by atoms with van der Waals surface area (Å²) < 4.78 is 2.55. The van der Waals surface area contributed by atoms with Crippen molar-refractivity contribution >= 4 is 5.52 Å². The molecule has 3 aromatic rings. The van der Waals surface area contributed by atoms with E-state index in [9.17, 15) is 9.59 Å². The zero-order valence-electron chi connectivity index (χ0n) is 11.3. The molecular weight excluding hydrogens is 272 g/mol. The Bertz CT molecular complexity index is 995. The molecule has 3 aromatic heterocycles. The van der Waals surface area contributed by atoms with Gasteiger partial charge in [-0.05, 0) is 13.8 Å². The van der Waals surface area contributed by atoms with Crippen LogP contribution in [0.3, 0.4) is 0 Å². The van der Waals surface area contributed by atoms with E-state index in [1.807, 2.05) is 0 Å². The molecule has 0 saturated carbocycles. The smallest absolute Gasteiger partial charge is 0.286 e. The van der Waals surface area contributed by atoms with Crippen LogP contribution in [0.5, 0.6) is 0 Å². The summed E-state index contributed by atoms with van der Waals surface area (Å²) in [5.41, 5.74) is 0.0637. The minimum atomic E-state index is -0.350. The number of aromatic nitrogens is 6. The largest absolute Gasteiger partial charge is 0.324 e. The van der Waals surface area contributed by atoms with Gasteiger partial charge in [-0.3, -0.25) is 9.59 Å². The third kappa shape index (κ3) is 2.01. The average Bonchev–Trinajstić information content (AvgIpc) is 2.84. The van der Waals surface area contributed by atoms with E-state index in [2.05, 4.69) is 32.0 Å². The summed E-state index contributed by atoms with van der Waals surface area (Å²) in [5.74, 6) is 6.22. The number of aromatic amines is 1. The van der Waals surface area contributed by atoms with Gasteiger partial charge in [0.2, 0.25) is 0 Å². The molecule has 0 amide bonds. The zero-order valence-corrected chi connectivity index (χ0v) is 11.3. The maximum atomic E-state index is 12.7. The Balaban J connectivity index is 2.39. The van der Waals surface area contributed by atoms with Gasteiger partial charge >= 0.3 is 0 Å². The van der Waals surface area contributed by atoms with Gasteiger partial charge in [-0.2, -0.15) is 5.10 Å². The first kappa shape index (κ1) is 12.8. The van der Waals surface area contributed by atoms with E-state index in [-0.39, 0.29) is 22.5 Å². The van der Waals surface area contributed by atoms with Crippen LogP contribution >= 0.6 is 0 Å². The quantitative estimate of drug-likeness (QED) is 0.615. The molecule has 0 bridgehead atoms. The van der Waals surface area contributed by atoms with Crippen LogP contribution in [0.15, 0.2) is 28.2 Å². The van der Waals surface area contributed by atoms with Crippen molar-refractivity contribution < 1.29 is 0 Å². The van der Waals surface area contributed by atoms with Gasteiger partial charge in [-0.1, -0.05) is 5.92 Å². The Morgan fingerprint density at radius 2 is 2.10 bits per heavy atom. The predicted octanol–water partition coefficient (Wildman–Crippen LogP) is -0.357. The van der Waals surface area contributed by atoms with Crippen LogP contribution in [-0.4, -0.2) is 29.4 Å². The molecule has 0 aliphatic rings. The molecule has 0 saturated heterocycles. The highest BCUT2D eigenvalue weighted by molar-refractivity contribution is 5.59. The maximum Gasteiger partial charge on any atom is 0.286 e. The van der Waals surface area contributed by atoms with Gasteiger partial charge < -0.3 is 4.98 Å². The summed E-state index contributed by atoms with van der Waals surface area (Å²) in [4.78, 5) is 30.2. The Hall–Kier alpha value is -3.21. The van der Waals surface area contributed by atoms with E-state index in [1.54, 1.807) is 13.8 Å². The summed E-state index contributed by atoms with van der Waals surface area (Å²) in [6, 6.07) is 0. The lowest BCUT2D eigenvalue weighted by Gasteiger charge is -2.07. The molecule has 0 radical (unpaired) electrons. The first-order valence-corrected chi connectivity index (χ1v) is 6.07. The minimum absolute atomic E-state index is 0.267. The fraction of sp³-hybridized carbons (Fsp3) is 0.154. The summed E-state index contributed by atoms with van der Waals surface area (Å²) in [6.45, 7) is 3.33. The molecule has 0 unspecified atom stereocenters. The van der Waals surface area contributed by atoms with Crippen molar-refractivity contribution in [3.8, 4) is 17.7 Å². The van der Waals surface area contributed by atoms with Crippen molar-refractivity contribution in [3.05, 3.63) is 50.7 Å².